The summed E-state index contributed by atoms with van der Waals surface area (Å²) in [6.07, 6.45) is 0.515. The third kappa shape index (κ3) is 8.62. The summed E-state index contributed by atoms with van der Waals surface area (Å²) in [5.74, 6) is 0. The molecular weight excluding hydrogens is 158 g/mol. The summed E-state index contributed by atoms with van der Waals surface area (Å²) in [6, 6.07) is 11.8. The van der Waals surface area contributed by atoms with Gasteiger partial charge in [0.05, 0.1) is 12.5 Å². The summed E-state index contributed by atoms with van der Waals surface area (Å²) in [6.45, 7) is 8.00. The van der Waals surface area contributed by atoms with Gasteiger partial charge in [0.1, 0.15) is 0 Å². The second-order valence-corrected chi connectivity index (χ2v) is 1.82. The number of nitrogens with zero attached hydrogens (tertiary/aromatic N) is 1. The largest absolute Gasteiger partial charge is 0.198 e. The van der Waals surface area contributed by atoms with Gasteiger partial charge in [-0.25, -0.2) is 0 Å². The Morgan fingerprint density at radius 2 is 1.46 bits per heavy atom. The van der Waals surface area contributed by atoms with Crippen LogP contribution in [0.2, 0.25) is 0 Å². The molecule has 0 aromatic heterocycles. The van der Waals surface area contributed by atoms with Crippen LogP contribution in [0.25, 0.3) is 0 Å². The third-order valence-electron chi connectivity index (χ3n) is 1.13. The Morgan fingerprint density at radius 1 is 1.00 bits per heavy atom. The van der Waals surface area contributed by atoms with Gasteiger partial charge < -0.3 is 0 Å². The molecule has 72 valence electrons. The van der Waals surface area contributed by atoms with Crippen molar-refractivity contribution in [2.45, 2.75) is 34.1 Å². The van der Waals surface area contributed by atoms with Crippen LogP contribution in [-0.4, -0.2) is 0 Å². The number of hydrogen-bond donors (Lipinski definition) is 0. The highest BCUT2D eigenvalue weighted by Crippen LogP contribution is 1.96. The average molecular weight is 177 g/mol. The zero-order valence-electron chi connectivity index (χ0n) is 9.04. The first-order valence-corrected chi connectivity index (χ1v) is 4.84. The SMILES string of the molecule is CC.CC.N#CCc1ccccc1. The van der Waals surface area contributed by atoms with E-state index in [9.17, 15) is 0 Å². The minimum absolute atomic E-state index is 0.515. The third-order valence-corrected chi connectivity index (χ3v) is 1.13. The van der Waals surface area contributed by atoms with Crippen LogP contribution in [0.15, 0.2) is 30.3 Å². The van der Waals surface area contributed by atoms with Crippen LogP contribution in [0.3, 0.4) is 0 Å². The molecule has 0 spiro atoms. The topological polar surface area (TPSA) is 23.8 Å². The minimum Gasteiger partial charge on any atom is -0.198 e. The lowest BCUT2D eigenvalue weighted by Gasteiger charge is -1.88. The van der Waals surface area contributed by atoms with Gasteiger partial charge in [0.25, 0.3) is 0 Å². The van der Waals surface area contributed by atoms with Gasteiger partial charge in [-0.15, -0.1) is 0 Å². The van der Waals surface area contributed by atoms with E-state index >= 15 is 0 Å². The molecule has 0 radical (unpaired) electrons. The zero-order chi connectivity index (χ0) is 10.5. The van der Waals surface area contributed by atoms with Gasteiger partial charge in [-0.1, -0.05) is 58.0 Å². The zero-order valence-corrected chi connectivity index (χ0v) is 9.04. The molecule has 0 aliphatic heterocycles. The fourth-order valence-electron chi connectivity index (χ4n) is 0.687. The van der Waals surface area contributed by atoms with E-state index in [1.807, 2.05) is 58.0 Å². The molecule has 0 saturated carbocycles. The van der Waals surface area contributed by atoms with Gasteiger partial charge in [0, 0.05) is 0 Å². The highest BCUT2D eigenvalue weighted by molar-refractivity contribution is 5.17. The van der Waals surface area contributed by atoms with E-state index in [1.165, 1.54) is 0 Å². The molecule has 0 heterocycles. The van der Waals surface area contributed by atoms with Gasteiger partial charge in [-0.2, -0.15) is 5.26 Å². The van der Waals surface area contributed by atoms with Crippen molar-refractivity contribution < 1.29 is 0 Å². The summed E-state index contributed by atoms with van der Waals surface area (Å²) in [5, 5.41) is 8.27. The van der Waals surface area contributed by atoms with E-state index in [4.69, 9.17) is 5.26 Å². The standard InChI is InChI=1S/C8H7N.2C2H6/c9-7-6-8-4-2-1-3-5-8;2*1-2/h1-5H,6H2;2*1-2H3. The molecule has 0 aliphatic carbocycles. The Bertz CT molecular complexity index is 208. The predicted octanol–water partition coefficient (Wildman–Crippen LogP) is 3.81. The highest BCUT2D eigenvalue weighted by Gasteiger charge is 1.84. The summed E-state index contributed by atoms with van der Waals surface area (Å²) in [7, 11) is 0. The van der Waals surface area contributed by atoms with Crippen molar-refractivity contribution in [1.29, 1.82) is 5.26 Å². The summed E-state index contributed by atoms with van der Waals surface area (Å²) < 4.78 is 0. The smallest absolute Gasteiger partial charge is 0.0669 e. The number of hydrogen-bond acceptors (Lipinski definition) is 1. The number of benzene rings is 1. The van der Waals surface area contributed by atoms with Crippen LogP contribution in [-0.2, 0) is 6.42 Å². The van der Waals surface area contributed by atoms with Crippen LogP contribution in [0.4, 0.5) is 0 Å². The van der Waals surface area contributed by atoms with E-state index in [2.05, 4.69) is 6.07 Å². The van der Waals surface area contributed by atoms with Gasteiger partial charge >= 0.3 is 0 Å². The molecule has 0 saturated heterocycles. The lowest BCUT2D eigenvalue weighted by Crippen LogP contribution is -1.76. The van der Waals surface area contributed by atoms with Crippen molar-refractivity contribution >= 4 is 0 Å². The van der Waals surface area contributed by atoms with E-state index < -0.39 is 0 Å². The first kappa shape index (κ1) is 14.2. The minimum atomic E-state index is 0.515. The maximum atomic E-state index is 8.27. The van der Waals surface area contributed by atoms with Gasteiger partial charge in [0.15, 0.2) is 0 Å². The molecule has 0 atom stereocenters. The van der Waals surface area contributed by atoms with Crippen LogP contribution < -0.4 is 0 Å². The van der Waals surface area contributed by atoms with Gasteiger partial charge in [-0.05, 0) is 5.56 Å². The average Bonchev–Trinajstić information content (AvgIpc) is 2.26. The quantitative estimate of drug-likeness (QED) is 0.640. The Balaban J connectivity index is 0. The van der Waals surface area contributed by atoms with E-state index in [1.54, 1.807) is 0 Å². The van der Waals surface area contributed by atoms with Crippen LogP contribution in [0, 0.1) is 11.3 Å². The maximum Gasteiger partial charge on any atom is 0.0669 e. The lowest BCUT2D eigenvalue weighted by molar-refractivity contribution is 1.26. The Morgan fingerprint density at radius 3 is 1.85 bits per heavy atom. The van der Waals surface area contributed by atoms with Crippen LogP contribution in [0.1, 0.15) is 33.3 Å². The van der Waals surface area contributed by atoms with Gasteiger partial charge in [-0.3, -0.25) is 0 Å². The second-order valence-electron chi connectivity index (χ2n) is 1.82. The summed E-state index contributed by atoms with van der Waals surface area (Å²) in [4.78, 5) is 0. The van der Waals surface area contributed by atoms with E-state index in [0.29, 0.717) is 6.42 Å². The monoisotopic (exact) mass is 177 g/mol. The first-order valence-electron chi connectivity index (χ1n) is 4.84. The number of rotatable bonds is 1. The van der Waals surface area contributed by atoms with Crippen LogP contribution >= 0.6 is 0 Å². The number of nitriles is 1. The molecule has 0 fully saturated rings. The molecule has 1 aromatic rings. The molecule has 0 bridgehead atoms. The lowest BCUT2D eigenvalue weighted by atomic mass is 10.2. The molecule has 1 nitrogen and oxygen atoms in total. The van der Waals surface area contributed by atoms with Crippen molar-refractivity contribution in [2.75, 3.05) is 0 Å². The molecule has 0 aliphatic rings. The molecular formula is C12H19N. The van der Waals surface area contributed by atoms with Crippen molar-refractivity contribution in [1.82, 2.24) is 0 Å². The fourth-order valence-corrected chi connectivity index (χ4v) is 0.687. The van der Waals surface area contributed by atoms with Crippen LogP contribution in [0.5, 0.6) is 0 Å². The maximum absolute atomic E-state index is 8.27. The van der Waals surface area contributed by atoms with Gasteiger partial charge in [0.2, 0.25) is 0 Å². The second kappa shape index (κ2) is 13.3. The Labute approximate surface area is 82.0 Å². The summed E-state index contributed by atoms with van der Waals surface area (Å²) >= 11 is 0. The first-order chi connectivity index (χ1) is 6.43. The molecule has 13 heavy (non-hydrogen) atoms. The van der Waals surface area contributed by atoms with E-state index in [-0.39, 0.29) is 0 Å². The van der Waals surface area contributed by atoms with Crippen molar-refractivity contribution in [2.24, 2.45) is 0 Å². The molecule has 0 amide bonds. The molecule has 1 heteroatoms. The summed E-state index contributed by atoms with van der Waals surface area (Å²) in [5.41, 5.74) is 1.08. The predicted molar refractivity (Wildman–Crippen MR) is 58.5 cm³/mol. The van der Waals surface area contributed by atoms with Crippen molar-refractivity contribution in [3.8, 4) is 6.07 Å². The van der Waals surface area contributed by atoms with E-state index in [0.717, 1.165) is 5.56 Å². The van der Waals surface area contributed by atoms with Crippen molar-refractivity contribution in [3.63, 3.8) is 0 Å². The normalized spacial score (nSPS) is 6.69. The molecule has 1 aromatic carbocycles. The Kier molecular flexibility index (Phi) is 14.6. The fraction of sp³-hybridized carbons (Fsp3) is 0.417. The molecule has 0 unspecified atom stereocenters. The molecule has 1 rings (SSSR count). The highest BCUT2D eigenvalue weighted by atomic mass is 14.2. The Hall–Kier alpha value is -1.29. The van der Waals surface area contributed by atoms with Crippen molar-refractivity contribution in [3.05, 3.63) is 35.9 Å². The molecule has 0 N–H and O–H groups in total.